The van der Waals surface area contributed by atoms with E-state index in [0.717, 1.165) is 24.9 Å². The predicted molar refractivity (Wildman–Crippen MR) is 97.6 cm³/mol. The number of nitrogens with two attached hydrogens (primary N) is 1. The molecule has 3 rings (SSSR count). The van der Waals surface area contributed by atoms with Crippen molar-refractivity contribution in [2.45, 2.75) is 38.8 Å². The van der Waals surface area contributed by atoms with E-state index in [1.165, 1.54) is 0 Å². The van der Waals surface area contributed by atoms with Gasteiger partial charge in [-0.15, -0.1) is 0 Å². The third kappa shape index (κ3) is 3.57. The zero-order valence-electron chi connectivity index (χ0n) is 14.5. The van der Waals surface area contributed by atoms with Crippen LogP contribution in [-0.4, -0.2) is 28.7 Å². The monoisotopic (exact) mass is 337 g/mol. The molecule has 0 spiro atoms. The molecule has 1 aromatic carbocycles. The molecule has 1 aromatic heterocycles. The SMILES string of the molecule is CCc1cnc(N2CCCC(N)C2)n(Cc2ccccc2C#N)c1=O. The molecule has 0 bridgehead atoms. The summed E-state index contributed by atoms with van der Waals surface area (Å²) in [5.74, 6) is 0.644. The lowest BCUT2D eigenvalue weighted by Crippen LogP contribution is -2.45. The Hall–Kier alpha value is -2.65. The number of anilines is 1. The fourth-order valence-corrected chi connectivity index (χ4v) is 3.29. The molecule has 6 nitrogen and oxygen atoms in total. The van der Waals surface area contributed by atoms with Gasteiger partial charge in [-0.3, -0.25) is 9.36 Å². The first-order valence-corrected chi connectivity index (χ1v) is 8.71. The van der Waals surface area contributed by atoms with Crippen molar-refractivity contribution in [1.82, 2.24) is 9.55 Å². The lowest BCUT2D eigenvalue weighted by molar-refractivity contribution is 0.490. The zero-order valence-corrected chi connectivity index (χ0v) is 14.5. The minimum atomic E-state index is -0.0422. The molecule has 25 heavy (non-hydrogen) atoms. The van der Waals surface area contributed by atoms with Crippen LogP contribution in [0.25, 0.3) is 0 Å². The number of nitriles is 1. The third-order valence-corrected chi connectivity index (χ3v) is 4.68. The van der Waals surface area contributed by atoms with Gasteiger partial charge in [0.25, 0.3) is 5.56 Å². The van der Waals surface area contributed by atoms with Gasteiger partial charge in [-0.2, -0.15) is 5.26 Å². The van der Waals surface area contributed by atoms with E-state index in [0.29, 0.717) is 36.6 Å². The largest absolute Gasteiger partial charge is 0.341 e. The van der Waals surface area contributed by atoms with Gasteiger partial charge in [0, 0.05) is 30.9 Å². The number of rotatable bonds is 4. The summed E-state index contributed by atoms with van der Waals surface area (Å²) >= 11 is 0. The highest BCUT2D eigenvalue weighted by Crippen LogP contribution is 2.18. The van der Waals surface area contributed by atoms with Crippen LogP contribution in [0.4, 0.5) is 5.95 Å². The first kappa shape index (κ1) is 17.2. The highest BCUT2D eigenvalue weighted by Gasteiger charge is 2.22. The molecule has 1 saturated heterocycles. The van der Waals surface area contributed by atoms with Crippen molar-refractivity contribution in [3.8, 4) is 6.07 Å². The fourth-order valence-electron chi connectivity index (χ4n) is 3.29. The molecular formula is C19H23N5O. The second kappa shape index (κ2) is 7.49. The van der Waals surface area contributed by atoms with Crippen molar-refractivity contribution in [2.75, 3.05) is 18.0 Å². The van der Waals surface area contributed by atoms with E-state index in [1.54, 1.807) is 16.8 Å². The molecule has 6 heteroatoms. The quantitative estimate of drug-likeness (QED) is 0.916. The summed E-state index contributed by atoms with van der Waals surface area (Å²) in [7, 11) is 0. The van der Waals surface area contributed by atoms with Gasteiger partial charge in [0.15, 0.2) is 0 Å². The van der Waals surface area contributed by atoms with Crippen molar-refractivity contribution < 1.29 is 0 Å². The molecule has 0 amide bonds. The Bertz CT molecular complexity index is 852. The highest BCUT2D eigenvalue weighted by atomic mass is 16.1. The fraction of sp³-hybridized carbons (Fsp3) is 0.421. The predicted octanol–water partition coefficient (Wildman–Crippen LogP) is 1.65. The van der Waals surface area contributed by atoms with E-state index < -0.39 is 0 Å². The minimum Gasteiger partial charge on any atom is -0.341 e. The second-order valence-electron chi connectivity index (χ2n) is 6.45. The maximum atomic E-state index is 12.9. The molecule has 2 N–H and O–H groups in total. The van der Waals surface area contributed by atoms with Gasteiger partial charge in [-0.05, 0) is 30.9 Å². The Morgan fingerprint density at radius 1 is 1.36 bits per heavy atom. The number of hydrogen-bond donors (Lipinski definition) is 1. The average Bonchev–Trinajstić information content (AvgIpc) is 2.63. The molecule has 1 atom stereocenters. The van der Waals surface area contributed by atoms with Crippen LogP contribution in [0.5, 0.6) is 0 Å². The Morgan fingerprint density at radius 2 is 2.16 bits per heavy atom. The molecule has 1 unspecified atom stereocenters. The summed E-state index contributed by atoms with van der Waals surface area (Å²) < 4.78 is 1.69. The second-order valence-corrected chi connectivity index (χ2v) is 6.45. The summed E-state index contributed by atoms with van der Waals surface area (Å²) in [6.07, 6.45) is 4.28. The van der Waals surface area contributed by atoms with Crippen LogP contribution in [-0.2, 0) is 13.0 Å². The van der Waals surface area contributed by atoms with Crippen LogP contribution >= 0.6 is 0 Å². The van der Waals surface area contributed by atoms with E-state index in [4.69, 9.17) is 5.73 Å². The Labute approximate surface area is 147 Å². The van der Waals surface area contributed by atoms with Gasteiger partial charge in [0.05, 0.1) is 18.2 Å². The summed E-state index contributed by atoms with van der Waals surface area (Å²) in [5.41, 5.74) is 8.15. The van der Waals surface area contributed by atoms with Gasteiger partial charge in [0.1, 0.15) is 0 Å². The standard InChI is InChI=1S/C19H23N5O/c1-2-14-11-22-19(23-9-5-8-17(21)13-23)24(18(14)25)12-16-7-4-3-6-15(16)10-20/h3-4,6-7,11,17H,2,5,8-9,12-13,21H2,1H3. The number of piperidine rings is 1. The van der Waals surface area contributed by atoms with Crippen LogP contribution in [0.15, 0.2) is 35.3 Å². The maximum Gasteiger partial charge on any atom is 0.258 e. The number of aromatic nitrogens is 2. The Balaban J connectivity index is 2.06. The molecule has 1 aliphatic rings. The van der Waals surface area contributed by atoms with E-state index in [9.17, 15) is 10.1 Å². The van der Waals surface area contributed by atoms with Crippen LogP contribution in [0.3, 0.4) is 0 Å². The van der Waals surface area contributed by atoms with Crippen molar-refractivity contribution in [3.63, 3.8) is 0 Å². The van der Waals surface area contributed by atoms with Gasteiger partial charge in [0.2, 0.25) is 5.95 Å². The van der Waals surface area contributed by atoms with E-state index in [2.05, 4.69) is 16.0 Å². The van der Waals surface area contributed by atoms with Crippen molar-refractivity contribution >= 4 is 5.95 Å². The minimum absolute atomic E-state index is 0.0422. The van der Waals surface area contributed by atoms with Crippen molar-refractivity contribution in [2.24, 2.45) is 5.73 Å². The molecule has 1 fully saturated rings. The van der Waals surface area contributed by atoms with Gasteiger partial charge < -0.3 is 10.6 Å². The topological polar surface area (TPSA) is 87.9 Å². The Kier molecular flexibility index (Phi) is 5.15. The summed E-state index contributed by atoms with van der Waals surface area (Å²) in [6.45, 7) is 3.82. The highest BCUT2D eigenvalue weighted by molar-refractivity contribution is 5.40. The zero-order chi connectivity index (χ0) is 17.8. The lowest BCUT2D eigenvalue weighted by atomic mass is 10.1. The summed E-state index contributed by atoms with van der Waals surface area (Å²) in [5, 5.41) is 9.34. The van der Waals surface area contributed by atoms with Crippen LogP contribution < -0.4 is 16.2 Å². The number of aryl methyl sites for hydroxylation is 1. The van der Waals surface area contributed by atoms with Crippen molar-refractivity contribution in [1.29, 1.82) is 5.26 Å². The average molecular weight is 337 g/mol. The van der Waals surface area contributed by atoms with Crippen LogP contribution in [0.2, 0.25) is 0 Å². The molecule has 2 aromatic rings. The van der Waals surface area contributed by atoms with Crippen LogP contribution in [0.1, 0.15) is 36.5 Å². The third-order valence-electron chi connectivity index (χ3n) is 4.68. The van der Waals surface area contributed by atoms with Gasteiger partial charge in [-0.25, -0.2) is 4.98 Å². The maximum absolute atomic E-state index is 12.9. The molecule has 2 heterocycles. The van der Waals surface area contributed by atoms with Gasteiger partial charge in [-0.1, -0.05) is 25.1 Å². The Morgan fingerprint density at radius 3 is 2.88 bits per heavy atom. The molecule has 0 saturated carbocycles. The van der Waals surface area contributed by atoms with Crippen molar-refractivity contribution in [3.05, 3.63) is 57.5 Å². The molecule has 130 valence electrons. The number of benzene rings is 1. The number of nitrogens with zero attached hydrogens (tertiary/aromatic N) is 4. The van der Waals surface area contributed by atoms with E-state index in [-0.39, 0.29) is 11.6 Å². The first-order valence-electron chi connectivity index (χ1n) is 8.71. The van der Waals surface area contributed by atoms with E-state index >= 15 is 0 Å². The molecule has 1 aliphatic heterocycles. The smallest absolute Gasteiger partial charge is 0.258 e. The molecule has 0 aliphatic carbocycles. The first-order chi connectivity index (χ1) is 12.1. The number of hydrogen-bond acceptors (Lipinski definition) is 5. The van der Waals surface area contributed by atoms with Gasteiger partial charge >= 0.3 is 0 Å². The lowest BCUT2D eigenvalue weighted by Gasteiger charge is -2.33. The van der Waals surface area contributed by atoms with Crippen LogP contribution in [0, 0.1) is 11.3 Å². The molecular weight excluding hydrogens is 314 g/mol. The normalized spacial score (nSPS) is 17.3. The summed E-state index contributed by atoms with van der Waals surface area (Å²) in [4.78, 5) is 19.6. The van der Waals surface area contributed by atoms with E-state index in [1.807, 2.05) is 25.1 Å². The summed E-state index contributed by atoms with van der Waals surface area (Å²) in [6, 6.07) is 9.66. The molecule has 0 radical (unpaired) electrons.